The van der Waals surface area contributed by atoms with Gasteiger partial charge in [0.05, 0.1) is 0 Å². The molecular weight excluding hydrogens is 286 g/mol. The van der Waals surface area contributed by atoms with Gasteiger partial charge >= 0.3 is 91.3 Å². The summed E-state index contributed by atoms with van der Waals surface area (Å²) in [5.74, 6) is 0.668. The molecule has 0 saturated heterocycles. The maximum atomic E-state index is 13.4. The number of hydrogen-bond acceptors (Lipinski definition) is 1. The number of rotatable bonds is 2. The SMILES string of the molecule is C[C](C)=[Ti]([F])[O]c1cc(C)cc(C)c1.Cl.Cl. The maximum Gasteiger partial charge on any atom is -0.147 e. The Morgan fingerprint density at radius 3 is 1.88 bits per heavy atom. The van der Waals surface area contributed by atoms with Crippen molar-refractivity contribution in [3.05, 3.63) is 29.3 Å². The molecule has 0 aliphatic rings. The zero-order valence-electron chi connectivity index (χ0n) is 9.83. The Hall–Kier alpha value is 0.114. The minimum absolute atomic E-state index is 0. The average molecular weight is 303 g/mol. The summed E-state index contributed by atoms with van der Waals surface area (Å²) in [4.78, 5) is 0. The van der Waals surface area contributed by atoms with E-state index in [4.69, 9.17) is 3.32 Å². The molecule has 92 valence electrons. The Bertz CT molecular complexity index is 356. The predicted molar refractivity (Wildman–Crippen MR) is 68.5 cm³/mol. The first-order valence-corrected chi connectivity index (χ1v) is 6.59. The third-order valence-corrected chi connectivity index (χ3v) is 3.67. The predicted octanol–water partition coefficient (Wildman–Crippen LogP) is 4.16. The summed E-state index contributed by atoms with van der Waals surface area (Å²) in [5.41, 5.74) is 2.22. The molecular formula is C11H17Cl2FOTi. The van der Waals surface area contributed by atoms with E-state index in [9.17, 15) is 3.09 Å². The molecule has 0 spiro atoms. The van der Waals surface area contributed by atoms with Gasteiger partial charge in [-0.1, -0.05) is 0 Å². The molecule has 1 nitrogen and oxygen atoms in total. The first-order chi connectivity index (χ1) is 6.49. The van der Waals surface area contributed by atoms with Gasteiger partial charge in [-0.25, -0.2) is 0 Å². The summed E-state index contributed by atoms with van der Waals surface area (Å²) in [5, 5.41) is 0. The summed E-state index contributed by atoms with van der Waals surface area (Å²) in [6.45, 7) is 7.55. The smallest absolute Gasteiger partial charge is 0.147 e. The fourth-order valence-electron chi connectivity index (χ4n) is 1.20. The monoisotopic (exact) mass is 302 g/mol. The van der Waals surface area contributed by atoms with Gasteiger partial charge in [0, 0.05) is 0 Å². The second kappa shape index (κ2) is 8.24. The van der Waals surface area contributed by atoms with E-state index in [1.807, 2.05) is 32.0 Å². The molecule has 1 rings (SSSR count). The second-order valence-corrected chi connectivity index (χ2v) is 6.43. The molecule has 0 unspecified atom stereocenters. The van der Waals surface area contributed by atoms with Crippen molar-refractivity contribution in [2.24, 2.45) is 0 Å². The third kappa shape index (κ3) is 6.00. The molecule has 0 heterocycles. The normalized spacial score (nSPS) is 8.56. The molecule has 0 N–H and O–H groups in total. The molecule has 0 saturated carbocycles. The van der Waals surface area contributed by atoms with Crippen molar-refractivity contribution in [2.45, 2.75) is 27.7 Å². The van der Waals surface area contributed by atoms with Crippen LogP contribution in [0.4, 0.5) is 3.09 Å². The van der Waals surface area contributed by atoms with Crippen molar-refractivity contribution in [3.63, 3.8) is 0 Å². The number of hydrogen-bond donors (Lipinski definition) is 0. The van der Waals surface area contributed by atoms with Gasteiger partial charge in [0.2, 0.25) is 0 Å². The van der Waals surface area contributed by atoms with Crippen molar-refractivity contribution < 1.29 is 24.7 Å². The fourth-order valence-corrected chi connectivity index (χ4v) is 2.02. The van der Waals surface area contributed by atoms with Crippen LogP contribution >= 0.6 is 24.8 Å². The Balaban J connectivity index is 0. The van der Waals surface area contributed by atoms with E-state index in [1.165, 1.54) is 0 Å². The second-order valence-electron chi connectivity index (χ2n) is 3.70. The minimum atomic E-state index is -2.89. The van der Waals surface area contributed by atoms with Gasteiger partial charge in [-0.3, -0.25) is 0 Å². The largest absolute Gasteiger partial charge is 0.147 e. The van der Waals surface area contributed by atoms with Gasteiger partial charge in [0.25, 0.3) is 0 Å². The first kappa shape index (κ1) is 18.5. The molecule has 0 fully saturated rings. The quantitative estimate of drug-likeness (QED) is 0.746. The summed E-state index contributed by atoms with van der Waals surface area (Å²) < 4.78 is 19.5. The van der Waals surface area contributed by atoms with Crippen LogP contribution in [-0.4, -0.2) is 3.81 Å². The Kier molecular flexibility index (Phi) is 9.52. The van der Waals surface area contributed by atoms with Crippen LogP contribution in [0.5, 0.6) is 5.75 Å². The van der Waals surface area contributed by atoms with Gasteiger partial charge in [0.1, 0.15) is 0 Å². The van der Waals surface area contributed by atoms with Gasteiger partial charge in [-0.15, -0.1) is 24.8 Å². The number of aryl methyl sites for hydroxylation is 2. The molecule has 5 heteroatoms. The number of halogens is 3. The van der Waals surface area contributed by atoms with Gasteiger partial charge in [-0.2, -0.15) is 0 Å². The molecule has 0 radical (unpaired) electrons. The van der Waals surface area contributed by atoms with E-state index in [-0.39, 0.29) is 24.8 Å². The van der Waals surface area contributed by atoms with E-state index in [0.717, 1.165) is 14.9 Å². The zero-order chi connectivity index (χ0) is 10.7. The molecule has 0 aliphatic carbocycles. The van der Waals surface area contributed by atoms with E-state index in [0.29, 0.717) is 5.75 Å². The molecule has 16 heavy (non-hydrogen) atoms. The van der Waals surface area contributed by atoms with E-state index in [2.05, 4.69) is 0 Å². The van der Waals surface area contributed by atoms with Crippen LogP contribution in [0.3, 0.4) is 0 Å². The van der Waals surface area contributed by atoms with Crippen LogP contribution in [0, 0.1) is 13.8 Å². The third-order valence-electron chi connectivity index (χ3n) is 1.80. The number of benzene rings is 1. The van der Waals surface area contributed by atoms with Crippen molar-refractivity contribution >= 4 is 28.6 Å². The zero-order valence-corrected chi connectivity index (χ0v) is 13.0. The summed E-state index contributed by atoms with van der Waals surface area (Å²) >= 11 is -2.89. The molecule has 0 aliphatic heterocycles. The van der Waals surface area contributed by atoms with Crippen molar-refractivity contribution in [1.82, 2.24) is 0 Å². The van der Waals surface area contributed by atoms with Crippen LogP contribution in [0.1, 0.15) is 25.0 Å². The summed E-state index contributed by atoms with van der Waals surface area (Å²) in [6, 6.07) is 5.80. The first-order valence-electron chi connectivity index (χ1n) is 4.58. The molecule has 1 aromatic carbocycles. The van der Waals surface area contributed by atoms with Crippen LogP contribution in [0.25, 0.3) is 0 Å². The van der Waals surface area contributed by atoms with Gasteiger partial charge in [-0.05, 0) is 0 Å². The van der Waals surface area contributed by atoms with Crippen molar-refractivity contribution in [3.8, 4) is 5.75 Å². The minimum Gasteiger partial charge on any atom is -0.147 e. The molecule has 0 bridgehead atoms. The average Bonchev–Trinajstić information content (AvgIpc) is 2.01. The van der Waals surface area contributed by atoms with Gasteiger partial charge in [0.15, 0.2) is 0 Å². The Morgan fingerprint density at radius 1 is 1.06 bits per heavy atom. The van der Waals surface area contributed by atoms with Gasteiger partial charge < -0.3 is 0 Å². The Labute approximate surface area is 116 Å². The summed E-state index contributed by atoms with van der Waals surface area (Å²) in [6.07, 6.45) is 0. The van der Waals surface area contributed by atoms with Crippen molar-refractivity contribution in [1.29, 1.82) is 0 Å². The molecule has 0 aromatic heterocycles. The summed E-state index contributed by atoms with van der Waals surface area (Å²) in [7, 11) is 0. The van der Waals surface area contributed by atoms with Crippen molar-refractivity contribution in [2.75, 3.05) is 0 Å². The van der Waals surface area contributed by atoms with E-state index >= 15 is 0 Å². The molecule has 1 aromatic rings. The van der Waals surface area contributed by atoms with Crippen LogP contribution in [-0.2, 0) is 18.3 Å². The van der Waals surface area contributed by atoms with Crippen LogP contribution in [0.2, 0.25) is 0 Å². The molecule has 0 atom stereocenters. The maximum absolute atomic E-state index is 13.4. The standard InChI is InChI=1S/C8H10O.C3H6.2ClH.FH.Ti/c1-6-3-7(2)5-8(9)4-6;1-3-2;;;;/h3-5,9H,1-2H3;1-2H3;3*1H;/q;;;;;+2/p-2. The fraction of sp³-hybridized carbons (Fsp3) is 0.364. The van der Waals surface area contributed by atoms with Crippen LogP contribution < -0.4 is 3.32 Å². The topological polar surface area (TPSA) is 9.23 Å². The van der Waals surface area contributed by atoms with Crippen LogP contribution in [0.15, 0.2) is 18.2 Å². The Morgan fingerprint density at radius 2 is 1.50 bits per heavy atom. The molecule has 0 amide bonds. The van der Waals surface area contributed by atoms with E-state index in [1.54, 1.807) is 13.8 Å². The van der Waals surface area contributed by atoms with E-state index < -0.39 is 18.3 Å².